The van der Waals surface area contributed by atoms with E-state index in [0.29, 0.717) is 37.1 Å². The highest BCUT2D eigenvalue weighted by Gasteiger charge is 2.33. The molecule has 0 aliphatic heterocycles. The van der Waals surface area contributed by atoms with Crippen molar-refractivity contribution >= 4 is 23.7 Å². The molecule has 5 atom stereocenters. The minimum absolute atomic E-state index is 0.0247. The molecular weight excluding hydrogens is 518 g/mol. The molecule has 10 N–H and O–H groups in total. The van der Waals surface area contributed by atoms with E-state index in [1.165, 1.54) is 24.7 Å². The lowest BCUT2D eigenvalue weighted by Crippen LogP contribution is -2.59. The second-order valence-electron chi connectivity index (χ2n) is 9.87. The summed E-state index contributed by atoms with van der Waals surface area (Å²) in [7, 11) is 0. The fourth-order valence-corrected chi connectivity index (χ4v) is 4.03. The first kappa shape index (κ1) is 32.2. The second-order valence-corrected chi connectivity index (χ2v) is 9.87. The van der Waals surface area contributed by atoms with Crippen LogP contribution in [0.3, 0.4) is 0 Å². The van der Waals surface area contributed by atoms with Gasteiger partial charge in [0.2, 0.25) is 17.7 Å². The summed E-state index contributed by atoms with van der Waals surface area (Å²) in [6, 6.07) is 1.73. The first-order chi connectivity index (χ1) is 19.0. The molecule has 1 aromatic heterocycles. The second kappa shape index (κ2) is 16.2. The number of phenolic OH excluding ortho intramolecular Hbond substituents is 1. The quantitative estimate of drug-likeness (QED) is 0.121. The minimum Gasteiger partial charge on any atom is -0.508 e. The minimum atomic E-state index is -1.27. The lowest BCUT2D eigenvalue weighted by atomic mass is 9.96. The first-order valence-corrected chi connectivity index (χ1v) is 13.4. The van der Waals surface area contributed by atoms with E-state index in [4.69, 9.17) is 11.5 Å². The summed E-state index contributed by atoms with van der Waals surface area (Å²) in [5.41, 5.74) is 12.7. The molecule has 5 unspecified atom stereocenters. The van der Waals surface area contributed by atoms with Crippen molar-refractivity contribution in [2.24, 2.45) is 17.4 Å². The first-order valence-electron chi connectivity index (χ1n) is 13.4. The van der Waals surface area contributed by atoms with Crippen molar-refractivity contribution in [1.82, 2.24) is 25.9 Å². The van der Waals surface area contributed by atoms with Gasteiger partial charge in [0, 0.05) is 24.7 Å². The summed E-state index contributed by atoms with van der Waals surface area (Å²) in [5, 5.41) is 27.1. The van der Waals surface area contributed by atoms with Crippen LogP contribution in [0, 0.1) is 5.92 Å². The van der Waals surface area contributed by atoms with Gasteiger partial charge in [-0.1, -0.05) is 38.8 Å². The highest BCUT2D eigenvalue weighted by atomic mass is 16.4. The zero-order valence-electron chi connectivity index (χ0n) is 22.9. The van der Waals surface area contributed by atoms with Crippen molar-refractivity contribution in [3.05, 3.63) is 48.0 Å². The van der Waals surface area contributed by atoms with E-state index in [0.717, 1.165) is 6.42 Å². The summed E-state index contributed by atoms with van der Waals surface area (Å²) in [4.78, 5) is 58.3. The Balaban J connectivity index is 2.18. The van der Waals surface area contributed by atoms with Crippen LogP contribution in [0.15, 0.2) is 36.8 Å². The molecule has 2 rings (SSSR count). The molecule has 13 nitrogen and oxygen atoms in total. The topological polar surface area (TPSA) is 226 Å². The van der Waals surface area contributed by atoms with Crippen LogP contribution in [0.25, 0.3) is 0 Å². The number of carbonyl (C=O) groups excluding carboxylic acids is 3. The van der Waals surface area contributed by atoms with Crippen molar-refractivity contribution in [1.29, 1.82) is 0 Å². The summed E-state index contributed by atoms with van der Waals surface area (Å²) in [6.07, 6.45) is 5.30. The average molecular weight is 560 g/mol. The molecule has 3 amide bonds. The lowest BCUT2D eigenvalue weighted by molar-refractivity contribution is -0.142. The SMILES string of the molecule is CCC(C)C(NC(=O)C(Cc1cnc[nH]1)NC(=O)C(N)CCCCN)C(=O)NC(Cc1ccc(O)cc1)C(=O)O. The number of rotatable bonds is 17. The number of amides is 3. The zero-order chi connectivity index (χ0) is 29.7. The van der Waals surface area contributed by atoms with Crippen LogP contribution in [0.4, 0.5) is 0 Å². The summed E-state index contributed by atoms with van der Waals surface area (Å²) < 4.78 is 0. The van der Waals surface area contributed by atoms with E-state index < -0.39 is 47.9 Å². The molecule has 1 aromatic carbocycles. The Morgan fingerprint density at radius 1 is 0.975 bits per heavy atom. The van der Waals surface area contributed by atoms with Crippen molar-refractivity contribution < 1.29 is 29.4 Å². The van der Waals surface area contributed by atoms with E-state index in [1.54, 1.807) is 19.1 Å². The van der Waals surface area contributed by atoms with Crippen LogP contribution in [0.5, 0.6) is 5.75 Å². The molecule has 0 radical (unpaired) electrons. The van der Waals surface area contributed by atoms with Gasteiger partial charge in [-0.2, -0.15) is 0 Å². The molecule has 220 valence electrons. The number of unbranched alkanes of at least 4 members (excludes halogenated alkanes) is 1. The highest BCUT2D eigenvalue weighted by Crippen LogP contribution is 2.13. The maximum Gasteiger partial charge on any atom is 0.326 e. The van der Waals surface area contributed by atoms with Crippen molar-refractivity contribution in [2.75, 3.05) is 6.54 Å². The normalized spacial score (nSPS) is 14.8. The van der Waals surface area contributed by atoms with E-state index in [1.807, 2.05) is 6.92 Å². The molecule has 0 aliphatic carbocycles. The van der Waals surface area contributed by atoms with Gasteiger partial charge in [-0.3, -0.25) is 14.4 Å². The number of carboxylic acid groups (broad SMARTS) is 1. The van der Waals surface area contributed by atoms with Crippen molar-refractivity contribution in [3.63, 3.8) is 0 Å². The third kappa shape index (κ3) is 10.3. The Labute approximate surface area is 233 Å². The predicted octanol–water partition coefficient (Wildman–Crippen LogP) is -0.0581. The van der Waals surface area contributed by atoms with Gasteiger partial charge in [0.25, 0.3) is 0 Å². The number of benzene rings is 1. The van der Waals surface area contributed by atoms with Crippen LogP contribution >= 0.6 is 0 Å². The lowest BCUT2D eigenvalue weighted by Gasteiger charge is -2.28. The van der Waals surface area contributed by atoms with Gasteiger partial charge >= 0.3 is 5.97 Å². The molecule has 40 heavy (non-hydrogen) atoms. The number of nitrogens with one attached hydrogen (secondary N) is 4. The Bertz CT molecular complexity index is 1090. The predicted molar refractivity (Wildman–Crippen MR) is 148 cm³/mol. The van der Waals surface area contributed by atoms with Crippen LogP contribution in [0.1, 0.15) is 50.8 Å². The van der Waals surface area contributed by atoms with Gasteiger partial charge in [-0.15, -0.1) is 0 Å². The maximum atomic E-state index is 13.4. The van der Waals surface area contributed by atoms with Crippen LogP contribution < -0.4 is 27.4 Å². The van der Waals surface area contributed by atoms with Gasteiger partial charge in [0.1, 0.15) is 23.9 Å². The van der Waals surface area contributed by atoms with Crippen LogP contribution in [-0.4, -0.2) is 74.6 Å². The molecule has 0 bridgehead atoms. The van der Waals surface area contributed by atoms with E-state index in [-0.39, 0.29) is 24.5 Å². The molecule has 0 fully saturated rings. The molecule has 2 aromatic rings. The fraction of sp³-hybridized carbons (Fsp3) is 0.519. The number of carboxylic acids is 1. The number of imidazole rings is 1. The molecule has 1 heterocycles. The van der Waals surface area contributed by atoms with E-state index in [9.17, 15) is 29.4 Å². The zero-order valence-corrected chi connectivity index (χ0v) is 22.9. The summed E-state index contributed by atoms with van der Waals surface area (Å²) >= 11 is 0. The number of phenols is 1. The Morgan fingerprint density at radius 3 is 2.23 bits per heavy atom. The summed E-state index contributed by atoms with van der Waals surface area (Å²) in [6.45, 7) is 4.08. The van der Waals surface area contributed by atoms with Crippen molar-refractivity contribution in [2.45, 2.75) is 76.5 Å². The standard InChI is InChI=1S/C27H41N7O6/c1-3-16(2)23(26(38)33-22(27(39)40)12-17-7-9-19(35)10-8-17)34-25(37)21(13-18-14-30-15-31-18)32-24(36)20(29)6-4-5-11-28/h7-10,14-16,20-23,35H,3-6,11-13,28-29H2,1-2H3,(H,30,31)(H,32,36)(H,33,38)(H,34,37)(H,39,40). The smallest absolute Gasteiger partial charge is 0.326 e. The molecule has 0 saturated heterocycles. The van der Waals surface area contributed by atoms with Crippen molar-refractivity contribution in [3.8, 4) is 5.75 Å². The molecule has 0 saturated carbocycles. The number of aromatic nitrogens is 2. The number of hydrogen-bond acceptors (Lipinski definition) is 8. The number of nitrogens with two attached hydrogens (primary N) is 2. The van der Waals surface area contributed by atoms with Gasteiger partial charge in [-0.05, 0) is 43.0 Å². The monoisotopic (exact) mass is 559 g/mol. The Morgan fingerprint density at radius 2 is 1.65 bits per heavy atom. The summed E-state index contributed by atoms with van der Waals surface area (Å²) in [5.74, 6) is -3.37. The van der Waals surface area contributed by atoms with Crippen LogP contribution in [-0.2, 0) is 32.0 Å². The van der Waals surface area contributed by atoms with Gasteiger partial charge in [0.15, 0.2) is 0 Å². The largest absolute Gasteiger partial charge is 0.508 e. The molecule has 0 spiro atoms. The number of carbonyl (C=O) groups is 4. The average Bonchev–Trinajstić information content (AvgIpc) is 3.44. The number of H-pyrrole nitrogens is 1. The fourth-order valence-electron chi connectivity index (χ4n) is 4.03. The van der Waals surface area contributed by atoms with E-state index >= 15 is 0 Å². The van der Waals surface area contributed by atoms with Gasteiger partial charge < -0.3 is 42.6 Å². The number of hydrogen-bond donors (Lipinski definition) is 8. The number of aromatic amines is 1. The van der Waals surface area contributed by atoms with Gasteiger partial charge in [0.05, 0.1) is 12.4 Å². The van der Waals surface area contributed by atoms with E-state index in [2.05, 4.69) is 25.9 Å². The maximum absolute atomic E-state index is 13.4. The number of aromatic hydroxyl groups is 1. The molecule has 0 aliphatic rings. The number of nitrogens with zero attached hydrogens (tertiary/aromatic N) is 1. The molecular formula is C27H41N7O6. The molecule has 13 heteroatoms. The van der Waals surface area contributed by atoms with Crippen LogP contribution in [0.2, 0.25) is 0 Å². The Hall–Kier alpha value is -3.97. The highest BCUT2D eigenvalue weighted by molar-refractivity contribution is 5.94. The number of aliphatic carboxylic acids is 1. The third-order valence-electron chi connectivity index (χ3n) is 6.70. The Kier molecular flexibility index (Phi) is 13.1. The third-order valence-corrected chi connectivity index (χ3v) is 6.70. The van der Waals surface area contributed by atoms with Gasteiger partial charge in [-0.25, -0.2) is 9.78 Å².